The molecule has 0 aliphatic carbocycles. The molecule has 7 heteroatoms. The second-order valence-electron chi connectivity index (χ2n) is 6.55. The highest BCUT2D eigenvalue weighted by molar-refractivity contribution is 7.87. The van der Waals surface area contributed by atoms with Crippen LogP contribution < -0.4 is 9.61 Å². The fraction of sp³-hybridized carbons (Fsp3) is 0.130. The average molecular weight is 423 g/mol. The molecule has 30 heavy (non-hydrogen) atoms. The van der Waals surface area contributed by atoms with E-state index in [2.05, 4.69) is 10.5 Å². The van der Waals surface area contributed by atoms with E-state index in [1.165, 1.54) is 36.0 Å². The van der Waals surface area contributed by atoms with Gasteiger partial charge in [0.2, 0.25) is 5.91 Å². The average Bonchev–Trinajstić information content (AvgIpc) is 2.76. The van der Waals surface area contributed by atoms with E-state index < -0.39 is 10.1 Å². The summed E-state index contributed by atoms with van der Waals surface area (Å²) >= 11 is 0. The van der Waals surface area contributed by atoms with Gasteiger partial charge in [-0.1, -0.05) is 48.5 Å². The van der Waals surface area contributed by atoms with Gasteiger partial charge in [-0.05, 0) is 60.4 Å². The first-order chi connectivity index (χ1) is 14.5. The van der Waals surface area contributed by atoms with Crippen molar-refractivity contribution < 1.29 is 17.4 Å². The van der Waals surface area contributed by atoms with Crippen LogP contribution in [0.2, 0.25) is 0 Å². The Labute approximate surface area is 176 Å². The molecule has 0 saturated carbocycles. The van der Waals surface area contributed by atoms with Crippen molar-refractivity contribution >= 4 is 22.2 Å². The van der Waals surface area contributed by atoms with Crippen LogP contribution in [0, 0.1) is 0 Å². The van der Waals surface area contributed by atoms with Crippen molar-refractivity contribution in [2.24, 2.45) is 5.10 Å². The van der Waals surface area contributed by atoms with E-state index in [-0.39, 0.29) is 16.6 Å². The van der Waals surface area contributed by atoms with E-state index in [0.717, 1.165) is 12.8 Å². The molecular formula is C23H22N2O4S. The van der Waals surface area contributed by atoms with Crippen molar-refractivity contribution in [3.05, 3.63) is 96.1 Å². The van der Waals surface area contributed by atoms with Crippen LogP contribution in [0.1, 0.15) is 24.0 Å². The maximum atomic E-state index is 12.2. The van der Waals surface area contributed by atoms with E-state index in [9.17, 15) is 13.2 Å². The molecule has 1 amide bonds. The third kappa shape index (κ3) is 6.56. The van der Waals surface area contributed by atoms with E-state index in [1.54, 1.807) is 30.3 Å². The zero-order valence-corrected chi connectivity index (χ0v) is 17.1. The Morgan fingerprint density at radius 2 is 1.53 bits per heavy atom. The van der Waals surface area contributed by atoms with E-state index in [1.807, 2.05) is 30.3 Å². The largest absolute Gasteiger partial charge is 0.379 e. The summed E-state index contributed by atoms with van der Waals surface area (Å²) in [6, 6.07) is 24.3. The van der Waals surface area contributed by atoms with Crippen molar-refractivity contribution in [2.75, 3.05) is 0 Å². The molecule has 0 saturated heterocycles. The molecule has 3 rings (SSSR count). The number of nitrogens with zero attached hydrogens (tertiary/aromatic N) is 1. The quantitative estimate of drug-likeness (QED) is 0.322. The lowest BCUT2D eigenvalue weighted by Gasteiger charge is -2.07. The molecule has 154 valence electrons. The zero-order chi connectivity index (χ0) is 21.2. The highest BCUT2D eigenvalue weighted by Crippen LogP contribution is 2.18. The lowest BCUT2D eigenvalue weighted by Crippen LogP contribution is -2.17. The van der Waals surface area contributed by atoms with Gasteiger partial charge < -0.3 is 4.18 Å². The predicted molar refractivity (Wildman–Crippen MR) is 116 cm³/mol. The van der Waals surface area contributed by atoms with E-state index >= 15 is 0 Å². The second-order valence-corrected chi connectivity index (χ2v) is 8.10. The number of rotatable bonds is 9. The number of amides is 1. The van der Waals surface area contributed by atoms with Crippen LogP contribution in [0.4, 0.5) is 0 Å². The van der Waals surface area contributed by atoms with Crippen molar-refractivity contribution in [3.63, 3.8) is 0 Å². The van der Waals surface area contributed by atoms with Gasteiger partial charge in [-0.3, -0.25) is 4.79 Å². The Morgan fingerprint density at radius 1 is 0.900 bits per heavy atom. The Kier molecular flexibility index (Phi) is 7.34. The fourth-order valence-electron chi connectivity index (χ4n) is 2.70. The Balaban J connectivity index is 1.45. The molecule has 0 fully saturated rings. The van der Waals surface area contributed by atoms with Crippen molar-refractivity contribution in [3.8, 4) is 5.75 Å². The van der Waals surface area contributed by atoms with Crippen LogP contribution in [0.3, 0.4) is 0 Å². The van der Waals surface area contributed by atoms with Gasteiger partial charge in [-0.2, -0.15) is 13.5 Å². The number of hydrogen-bond donors (Lipinski definition) is 1. The number of hydrogen-bond acceptors (Lipinski definition) is 5. The summed E-state index contributed by atoms with van der Waals surface area (Å²) in [4.78, 5) is 11.9. The smallest absolute Gasteiger partial charge is 0.339 e. The molecule has 3 aromatic rings. The molecule has 0 heterocycles. The normalized spacial score (nSPS) is 11.3. The monoisotopic (exact) mass is 422 g/mol. The van der Waals surface area contributed by atoms with Crippen LogP contribution in [0.5, 0.6) is 5.75 Å². The predicted octanol–water partition coefficient (Wildman–Crippen LogP) is 3.93. The maximum absolute atomic E-state index is 12.2. The molecule has 0 radical (unpaired) electrons. The first-order valence-electron chi connectivity index (χ1n) is 9.48. The lowest BCUT2D eigenvalue weighted by atomic mass is 10.1. The third-order valence-corrected chi connectivity index (χ3v) is 5.49. The molecule has 0 aliphatic rings. The Bertz CT molecular complexity index is 1080. The molecule has 0 unspecified atom stereocenters. The van der Waals surface area contributed by atoms with Crippen molar-refractivity contribution in [1.29, 1.82) is 0 Å². The minimum absolute atomic E-state index is 0.0885. The first kappa shape index (κ1) is 21.3. The number of carbonyl (C=O) groups is 1. The van der Waals surface area contributed by atoms with Crippen molar-refractivity contribution in [2.45, 2.75) is 24.2 Å². The fourth-order valence-corrected chi connectivity index (χ4v) is 3.66. The summed E-state index contributed by atoms with van der Waals surface area (Å²) in [5.41, 5.74) is 4.39. The van der Waals surface area contributed by atoms with Crippen molar-refractivity contribution in [1.82, 2.24) is 5.43 Å². The topological polar surface area (TPSA) is 84.8 Å². The summed E-state index contributed by atoms with van der Waals surface area (Å²) in [6.07, 6.45) is 3.46. The van der Waals surface area contributed by atoms with Crippen LogP contribution in [0.15, 0.2) is 94.9 Å². The summed E-state index contributed by atoms with van der Waals surface area (Å²) in [6.45, 7) is 0. The molecule has 0 bridgehead atoms. The number of hydrazone groups is 1. The van der Waals surface area contributed by atoms with Crippen LogP contribution >= 0.6 is 0 Å². The molecule has 0 spiro atoms. The number of benzene rings is 3. The summed E-state index contributed by atoms with van der Waals surface area (Å²) in [5.74, 6) is 0.0389. The molecule has 0 aliphatic heterocycles. The lowest BCUT2D eigenvalue weighted by molar-refractivity contribution is -0.121. The Morgan fingerprint density at radius 3 is 2.20 bits per heavy atom. The van der Waals surface area contributed by atoms with E-state index in [4.69, 9.17) is 4.18 Å². The highest BCUT2D eigenvalue weighted by Gasteiger charge is 2.15. The molecule has 6 nitrogen and oxygen atoms in total. The molecule has 0 aromatic heterocycles. The molecule has 0 atom stereocenters. The molecule has 1 N–H and O–H groups in total. The second kappa shape index (κ2) is 10.4. The summed E-state index contributed by atoms with van der Waals surface area (Å²) in [5, 5.41) is 3.94. The highest BCUT2D eigenvalue weighted by atomic mass is 32.2. The minimum Gasteiger partial charge on any atom is -0.379 e. The van der Waals surface area contributed by atoms with Gasteiger partial charge in [0, 0.05) is 6.42 Å². The van der Waals surface area contributed by atoms with E-state index in [0.29, 0.717) is 12.0 Å². The third-order valence-electron chi connectivity index (χ3n) is 4.23. The van der Waals surface area contributed by atoms with Gasteiger partial charge in [-0.25, -0.2) is 5.43 Å². The van der Waals surface area contributed by atoms with Crippen LogP contribution in [-0.2, 0) is 21.3 Å². The summed E-state index contributed by atoms with van der Waals surface area (Å²) in [7, 11) is -3.87. The van der Waals surface area contributed by atoms with Crippen LogP contribution in [0.25, 0.3) is 0 Å². The number of aryl methyl sites for hydroxylation is 1. The number of carbonyl (C=O) groups excluding carboxylic acids is 1. The molecule has 3 aromatic carbocycles. The SMILES string of the molecule is O=C(CCCc1ccccc1)N/N=C\c1ccc(OS(=O)(=O)c2ccccc2)cc1. The maximum Gasteiger partial charge on any atom is 0.339 e. The standard InChI is InChI=1S/C23H22N2O4S/c26-23(13-7-10-19-8-3-1-4-9-19)25-24-18-20-14-16-21(17-15-20)29-30(27,28)22-11-5-2-6-12-22/h1-6,8-9,11-12,14-18H,7,10,13H2,(H,25,26)/b24-18-. The van der Waals surface area contributed by atoms with Gasteiger partial charge >= 0.3 is 10.1 Å². The Hall–Kier alpha value is -3.45. The minimum atomic E-state index is -3.87. The molecular weight excluding hydrogens is 400 g/mol. The van der Waals surface area contributed by atoms with Gasteiger partial charge in [-0.15, -0.1) is 0 Å². The first-order valence-corrected chi connectivity index (χ1v) is 10.9. The van der Waals surface area contributed by atoms with Gasteiger partial charge in [0.15, 0.2) is 0 Å². The summed E-state index contributed by atoms with van der Waals surface area (Å²) < 4.78 is 29.6. The van der Waals surface area contributed by atoms with Crippen LogP contribution in [-0.4, -0.2) is 20.5 Å². The van der Waals surface area contributed by atoms with Gasteiger partial charge in [0.05, 0.1) is 6.21 Å². The van der Waals surface area contributed by atoms with Gasteiger partial charge in [0.25, 0.3) is 0 Å². The van der Waals surface area contributed by atoms with Gasteiger partial charge in [0.1, 0.15) is 10.6 Å². The number of nitrogens with one attached hydrogen (secondary N) is 1. The zero-order valence-electron chi connectivity index (χ0n) is 16.3.